The average Bonchev–Trinajstić information content (AvgIpc) is 2.40. The van der Waals surface area contributed by atoms with Crippen LogP contribution in [0, 0.1) is 0 Å². The second kappa shape index (κ2) is 8.46. The van der Waals surface area contributed by atoms with Crippen molar-refractivity contribution >= 4 is 28.9 Å². The summed E-state index contributed by atoms with van der Waals surface area (Å²) in [6, 6.07) is 3.11. The zero-order valence-corrected chi connectivity index (χ0v) is 11.1. The molecule has 0 atom stereocenters. The van der Waals surface area contributed by atoms with E-state index in [1.807, 2.05) is 0 Å². The van der Waals surface area contributed by atoms with Crippen LogP contribution in [0.15, 0.2) is 18.3 Å². The summed E-state index contributed by atoms with van der Waals surface area (Å²) in [5.74, 6) is -0.611. The first-order valence-electron chi connectivity index (χ1n) is 5.52. The monoisotopic (exact) mass is 286 g/mol. The molecular formula is C11H14N2O5S. The second-order valence-electron chi connectivity index (χ2n) is 3.16. The van der Waals surface area contributed by atoms with E-state index in [-0.39, 0.29) is 31.2 Å². The third kappa shape index (κ3) is 5.25. The van der Waals surface area contributed by atoms with Gasteiger partial charge < -0.3 is 19.3 Å². The van der Waals surface area contributed by atoms with Crippen LogP contribution in [0.2, 0.25) is 0 Å². The van der Waals surface area contributed by atoms with Gasteiger partial charge in [0.15, 0.2) is 5.69 Å². The molecule has 0 saturated heterocycles. The number of nitrogens with one attached hydrogen (secondary N) is 1. The molecule has 8 heteroatoms. The Labute approximate surface area is 114 Å². The van der Waals surface area contributed by atoms with Crippen LogP contribution < -0.4 is 5.32 Å². The molecule has 1 amide bonds. The molecule has 1 heterocycles. The van der Waals surface area contributed by atoms with Crippen molar-refractivity contribution in [2.45, 2.75) is 6.92 Å². The lowest BCUT2D eigenvalue weighted by molar-refractivity contribution is 0.0521. The average molecular weight is 286 g/mol. The van der Waals surface area contributed by atoms with Crippen LogP contribution in [0.25, 0.3) is 0 Å². The van der Waals surface area contributed by atoms with E-state index >= 15 is 0 Å². The summed E-state index contributed by atoms with van der Waals surface area (Å²) < 4.78 is 9.61. The molecule has 0 aliphatic heterocycles. The number of nitrogens with zero attached hydrogens (tertiary/aromatic N) is 1. The van der Waals surface area contributed by atoms with Gasteiger partial charge in [-0.1, -0.05) is 0 Å². The number of esters is 1. The Hall–Kier alpha value is -1.64. The minimum atomic E-state index is -0.611. The molecule has 0 saturated carbocycles. The van der Waals surface area contributed by atoms with Crippen LogP contribution >= 0.6 is 12.0 Å². The van der Waals surface area contributed by atoms with E-state index in [0.29, 0.717) is 12.0 Å². The molecule has 0 aliphatic rings. The Bertz CT molecular complexity index is 441. The van der Waals surface area contributed by atoms with E-state index in [4.69, 9.17) is 14.0 Å². The summed E-state index contributed by atoms with van der Waals surface area (Å²) in [6.07, 6.45) is 1.43. The normalized spacial score (nSPS) is 10.0. The minimum absolute atomic E-state index is 0.0282. The van der Waals surface area contributed by atoms with Crippen LogP contribution in [-0.2, 0) is 8.92 Å². The molecular weight excluding hydrogens is 272 g/mol. The number of anilines is 1. The van der Waals surface area contributed by atoms with Crippen LogP contribution in [-0.4, -0.2) is 41.1 Å². The lowest BCUT2D eigenvalue weighted by atomic mass is 10.3. The van der Waals surface area contributed by atoms with Gasteiger partial charge in [-0.25, -0.2) is 9.78 Å². The Morgan fingerprint density at radius 3 is 3.00 bits per heavy atom. The molecule has 1 aromatic heterocycles. The van der Waals surface area contributed by atoms with Crippen molar-refractivity contribution in [3.8, 4) is 0 Å². The number of hydrogen-bond donors (Lipinski definition) is 2. The minimum Gasteiger partial charge on any atom is -0.461 e. The van der Waals surface area contributed by atoms with Crippen molar-refractivity contribution < 1.29 is 23.6 Å². The number of carbonyl (C=O) groups excluding carboxylic acids is 2. The van der Waals surface area contributed by atoms with Gasteiger partial charge in [0.1, 0.15) is 0 Å². The van der Waals surface area contributed by atoms with Crippen molar-refractivity contribution in [1.82, 2.24) is 4.98 Å². The van der Waals surface area contributed by atoms with E-state index in [1.54, 1.807) is 13.0 Å². The number of ether oxygens (including phenoxy) is 1. The zero-order valence-electron chi connectivity index (χ0n) is 10.3. The standard InChI is InChI=1S/C11H14N2O5S/c1-2-17-10(15)9-8(4-3-5-12-9)13-11(16)19-18-7-6-14/h3-5,14H,2,6-7H2,1H3,(H,13,16). The molecule has 7 nitrogen and oxygen atoms in total. The lowest BCUT2D eigenvalue weighted by Crippen LogP contribution is -2.14. The number of aliphatic hydroxyl groups excluding tert-OH is 1. The highest BCUT2D eigenvalue weighted by atomic mass is 32.2. The Morgan fingerprint density at radius 2 is 2.32 bits per heavy atom. The molecule has 0 spiro atoms. The van der Waals surface area contributed by atoms with Crippen LogP contribution in [0.3, 0.4) is 0 Å². The molecule has 2 N–H and O–H groups in total. The third-order valence-electron chi connectivity index (χ3n) is 1.82. The molecule has 0 fully saturated rings. The number of aliphatic hydroxyl groups is 1. The van der Waals surface area contributed by atoms with Crippen molar-refractivity contribution in [2.24, 2.45) is 0 Å². The highest BCUT2D eigenvalue weighted by Crippen LogP contribution is 2.16. The number of rotatable bonds is 6. The Kier molecular flexibility index (Phi) is 6.86. The summed E-state index contributed by atoms with van der Waals surface area (Å²) in [5.41, 5.74) is 0.270. The van der Waals surface area contributed by atoms with Gasteiger partial charge in [0.05, 0.1) is 37.6 Å². The first kappa shape index (κ1) is 15.4. The van der Waals surface area contributed by atoms with E-state index in [2.05, 4.69) is 10.3 Å². The number of pyridine rings is 1. The first-order valence-corrected chi connectivity index (χ1v) is 6.26. The quantitative estimate of drug-likeness (QED) is 0.464. The highest BCUT2D eigenvalue weighted by molar-refractivity contribution is 8.09. The highest BCUT2D eigenvalue weighted by Gasteiger charge is 2.16. The topological polar surface area (TPSA) is 97.8 Å². The van der Waals surface area contributed by atoms with E-state index < -0.39 is 11.2 Å². The SMILES string of the molecule is CCOC(=O)c1ncccc1NC(=O)SOCCO. The fraction of sp³-hybridized carbons (Fsp3) is 0.364. The zero-order chi connectivity index (χ0) is 14.1. The molecule has 0 unspecified atom stereocenters. The van der Waals surface area contributed by atoms with Gasteiger partial charge in [0.2, 0.25) is 0 Å². The van der Waals surface area contributed by atoms with Gasteiger partial charge in [-0.05, 0) is 19.1 Å². The number of aromatic nitrogens is 1. The molecule has 0 aromatic carbocycles. The van der Waals surface area contributed by atoms with Crippen LogP contribution in [0.5, 0.6) is 0 Å². The summed E-state index contributed by atoms with van der Waals surface area (Å²) in [4.78, 5) is 27.0. The van der Waals surface area contributed by atoms with E-state index in [0.717, 1.165) is 0 Å². The fourth-order valence-corrected chi connectivity index (χ4v) is 1.55. The van der Waals surface area contributed by atoms with Crippen molar-refractivity contribution in [2.75, 3.05) is 25.1 Å². The maximum atomic E-state index is 11.6. The lowest BCUT2D eigenvalue weighted by Gasteiger charge is -2.08. The van der Waals surface area contributed by atoms with Gasteiger partial charge in [-0.15, -0.1) is 0 Å². The number of amides is 1. The van der Waals surface area contributed by atoms with Crippen molar-refractivity contribution in [3.63, 3.8) is 0 Å². The summed E-state index contributed by atoms with van der Waals surface area (Å²) in [6.45, 7) is 1.76. The van der Waals surface area contributed by atoms with Crippen molar-refractivity contribution in [1.29, 1.82) is 0 Å². The molecule has 1 aromatic rings. The van der Waals surface area contributed by atoms with Crippen LogP contribution in [0.1, 0.15) is 17.4 Å². The second-order valence-corrected chi connectivity index (χ2v) is 3.93. The van der Waals surface area contributed by atoms with Gasteiger partial charge in [-0.2, -0.15) is 0 Å². The van der Waals surface area contributed by atoms with Gasteiger partial charge in [-0.3, -0.25) is 4.79 Å². The molecule has 0 bridgehead atoms. The number of carbonyl (C=O) groups is 2. The first-order chi connectivity index (χ1) is 9.19. The summed E-state index contributed by atoms with van der Waals surface area (Å²) >= 11 is 0.540. The van der Waals surface area contributed by atoms with Crippen LogP contribution in [0.4, 0.5) is 10.5 Å². The van der Waals surface area contributed by atoms with Crippen molar-refractivity contribution in [3.05, 3.63) is 24.0 Å². The predicted molar refractivity (Wildman–Crippen MR) is 69.8 cm³/mol. The summed E-state index contributed by atoms with van der Waals surface area (Å²) in [7, 11) is 0. The summed E-state index contributed by atoms with van der Waals surface area (Å²) in [5, 5.41) is 10.4. The maximum absolute atomic E-state index is 11.6. The van der Waals surface area contributed by atoms with E-state index in [1.165, 1.54) is 12.3 Å². The van der Waals surface area contributed by atoms with Gasteiger partial charge in [0.25, 0.3) is 0 Å². The maximum Gasteiger partial charge on any atom is 0.359 e. The smallest absolute Gasteiger partial charge is 0.359 e. The third-order valence-corrected chi connectivity index (χ3v) is 2.36. The van der Waals surface area contributed by atoms with Gasteiger partial charge >= 0.3 is 11.2 Å². The molecule has 0 aliphatic carbocycles. The van der Waals surface area contributed by atoms with E-state index in [9.17, 15) is 9.59 Å². The number of hydrogen-bond acceptors (Lipinski definition) is 7. The molecule has 1 rings (SSSR count). The van der Waals surface area contributed by atoms with Gasteiger partial charge in [0, 0.05) is 6.20 Å². The predicted octanol–water partition coefficient (Wildman–Crippen LogP) is 1.45. The molecule has 104 valence electrons. The Balaban J connectivity index is 2.67. The largest absolute Gasteiger partial charge is 0.461 e. The fourth-order valence-electron chi connectivity index (χ4n) is 1.13. The Morgan fingerprint density at radius 1 is 1.53 bits per heavy atom. The molecule has 19 heavy (non-hydrogen) atoms. The molecule has 0 radical (unpaired) electrons.